The van der Waals surface area contributed by atoms with E-state index in [9.17, 15) is 4.79 Å². The van der Waals surface area contributed by atoms with Gasteiger partial charge in [-0.2, -0.15) is 0 Å². The van der Waals surface area contributed by atoms with E-state index in [4.69, 9.17) is 4.74 Å². The topological polar surface area (TPSA) is 55.3 Å². The third kappa shape index (κ3) is 7.31. The first-order valence-corrected chi connectivity index (χ1v) is 7.23. The molecule has 114 valence electrons. The van der Waals surface area contributed by atoms with E-state index in [1.807, 2.05) is 23.0 Å². The van der Waals surface area contributed by atoms with Crippen LogP contribution in [0.5, 0.6) is 0 Å². The zero-order valence-electron chi connectivity index (χ0n) is 12.8. The third-order valence-corrected chi connectivity index (χ3v) is 2.99. The van der Waals surface area contributed by atoms with E-state index >= 15 is 0 Å². The predicted molar refractivity (Wildman–Crippen MR) is 80.5 cm³/mol. The highest BCUT2D eigenvalue weighted by Gasteiger charge is 2.03. The molecule has 0 aromatic carbocycles. The van der Waals surface area contributed by atoms with Crippen molar-refractivity contribution in [3.05, 3.63) is 24.0 Å². The Labute approximate surface area is 121 Å². The van der Waals surface area contributed by atoms with Crippen molar-refractivity contribution in [3.63, 3.8) is 0 Å². The lowest BCUT2D eigenvalue weighted by Gasteiger charge is -2.07. The number of hydrogen-bond acceptors (Lipinski definition) is 3. The highest BCUT2D eigenvalue weighted by atomic mass is 16.5. The molecule has 0 saturated heterocycles. The molecule has 2 N–H and O–H groups in total. The van der Waals surface area contributed by atoms with Gasteiger partial charge in [0.25, 0.3) is 0 Å². The molecule has 0 aliphatic carbocycles. The highest BCUT2D eigenvalue weighted by molar-refractivity contribution is 5.75. The summed E-state index contributed by atoms with van der Waals surface area (Å²) < 4.78 is 6.89. The summed E-state index contributed by atoms with van der Waals surface area (Å²) in [5.41, 5.74) is 1.18. The summed E-state index contributed by atoms with van der Waals surface area (Å²) in [7, 11) is 1.69. The quantitative estimate of drug-likeness (QED) is 0.637. The number of nitrogens with zero attached hydrogens (tertiary/aromatic N) is 1. The Hall–Kier alpha value is -1.33. The summed E-state index contributed by atoms with van der Waals surface area (Å²) in [6, 6.07) is 2.03. The van der Waals surface area contributed by atoms with Crippen LogP contribution in [0, 0.1) is 5.92 Å². The van der Waals surface area contributed by atoms with Gasteiger partial charge in [0, 0.05) is 39.1 Å². The van der Waals surface area contributed by atoms with Gasteiger partial charge in [0.1, 0.15) is 6.54 Å². The first-order valence-electron chi connectivity index (χ1n) is 7.23. The van der Waals surface area contributed by atoms with Gasteiger partial charge in [-0.3, -0.25) is 4.79 Å². The van der Waals surface area contributed by atoms with Crippen LogP contribution in [-0.2, 0) is 22.6 Å². The number of carbonyl (C=O) groups excluding carboxylic acids is 1. The Morgan fingerprint density at radius 2 is 2.20 bits per heavy atom. The number of methoxy groups -OCH3 is 1. The van der Waals surface area contributed by atoms with E-state index in [-0.39, 0.29) is 5.91 Å². The number of hydrogen-bond donors (Lipinski definition) is 2. The van der Waals surface area contributed by atoms with Crippen molar-refractivity contribution in [3.8, 4) is 0 Å². The van der Waals surface area contributed by atoms with Gasteiger partial charge in [0.2, 0.25) is 5.91 Å². The number of ether oxygens (including phenoxy) is 1. The molecule has 0 radical (unpaired) electrons. The third-order valence-electron chi connectivity index (χ3n) is 2.99. The summed E-state index contributed by atoms with van der Waals surface area (Å²) in [6.07, 6.45) is 4.96. The molecule has 0 spiro atoms. The molecule has 20 heavy (non-hydrogen) atoms. The molecule has 0 saturated carbocycles. The van der Waals surface area contributed by atoms with Crippen LogP contribution in [0.3, 0.4) is 0 Å². The molecule has 1 aromatic rings. The average molecular weight is 281 g/mol. The summed E-state index contributed by atoms with van der Waals surface area (Å²) in [6.45, 7) is 7.78. The van der Waals surface area contributed by atoms with Crippen LogP contribution in [0.25, 0.3) is 0 Å². The molecule has 1 aromatic heterocycles. The number of carbonyl (C=O) groups is 1. The van der Waals surface area contributed by atoms with Gasteiger partial charge in [-0.15, -0.1) is 0 Å². The van der Waals surface area contributed by atoms with Crippen LogP contribution in [0.4, 0.5) is 0 Å². The lowest BCUT2D eigenvalue weighted by Crippen LogP contribution is -2.28. The molecule has 1 rings (SSSR count). The highest BCUT2D eigenvalue weighted by Crippen LogP contribution is 2.01. The first kappa shape index (κ1) is 16.7. The van der Waals surface area contributed by atoms with Crippen LogP contribution >= 0.6 is 0 Å². The lowest BCUT2D eigenvalue weighted by atomic mass is 10.1. The Morgan fingerprint density at radius 3 is 2.90 bits per heavy atom. The zero-order valence-corrected chi connectivity index (χ0v) is 12.8. The van der Waals surface area contributed by atoms with Crippen LogP contribution in [0.1, 0.15) is 25.8 Å². The van der Waals surface area contributed by atoms with Crippen molar-refractivity contribution >= 4 is 5.91 Å². The maximum atomic E-state index is 11.7. The standard InChI is InChI=1S/C15H27N3O2/c1-13(2)4-6-17-15(19)12-18-8-5-14(11-18)10-16-7-9-20-3/h5,8,11,13,16H,4,6-7,9-10,12H2,1-3H3,(H,17,19). The van der Waals surface area contributed by atoms with E-state index < -0.39 is 0 Å². The Bertz CT molecular complexity index is 388. The molecule has 5 heteroatoms. The van der Waals surface area contributed by atoms with E-state index in [0.29, 0.717) is 19.1 Å². The molecule has 0 atom stereocenters. The minimum atomic E-state index is 0.0696. The Morgan fingerprint density at radius 1 is 1.40 bits per heavy atom. The minimum absolute atomic E-state index is 0.0696. The predicted octanol–water partition coefficient (Wildman–Crippen LogP) is 1.39. The van der Waals surface area contributed by atoms with Crippen LogP contribution in [0.15, 0.2) is 18.5 Å². The number of amides is 1. The normalized spacial score (nSPS) is 11.0. The smallest absolute Gasteiger partial charge is 0.239 e. The van der Waals surface area contributed by atoms with Crippen molar-refractivity contribution in [1.82, 2.24) is 15.2 Å². The molecule has 0 aliphatic rings. The van der Waals surface area contributed by atoms with Crippen LogP contribution < -0.4 is 10.6 Å². The van der Waals surface area contributed by atoms with Crippen molar-refractivity contribution in [1.29, 1.82) is 0 Å². The molecule has 5 nitrogen and oxygen atoms in total. The van der Waals surface area contributed by atoms with Crippen LogP contribution in [-0.4, -0.2) is 37.3 Å². The molecule has 0 bridgehead atoms. The monoisotopic (exact) mass is 281 g/mol. The van der Waals surface area contributed by atoms with Crippen LogP contribution in [0.2, 0.25) is 0 Å². The average Bonchev–Trinajstić information content (AvgIpc) is 2.82. The molecule has 0 aliphatic heterocycles. The minimum Gasteiger partial charge on any atom is -0.383 e. The van der Waals surface area contributed by atoms with E-state index in [0.717, 1.165) is 26.1 Å². The SMILES string of the molecule is COCCNCc1ccn(CC(=O)NCCC(C)C)c1. The van der Waals surface area contributed by atoms with Crippen molar-refractivity contribution in [2.24, 2.45) is 5.92 Å². The molecule has 0 unspecified atom stereocenters. The fourth-order valence-corrected chi connectivity index (χ4v) is 1.82. The van der Waals surface area contributed by atoms with Gasteiger partial charge >= 0.3 is 0 Å². The largest absolute Gasteiger partial charge is 0.383 e. The van der Waals surface area contributed by atoms with Gasteiger partial charge in [0.15, 0.2) is 0 Å². The molecule has 1 heterocycles. The van der Waals surface area contributed by atoms with E-state index in [1.54, 1.807) is 7.11 Å². The fraction of sp³-hybridized carbons (Fsp3) is 0.667. The molecular formula is C15H27N3O2. The maximum absolute atomic E-state index is 11.7. The van der Waals surface area contributed by atoms with Gasteiger partial charge < -0.3 is 19.9 Å². The maximum Gasteiger partial charge on any atom is 0.239 e. The number of rotatable bonds is 10. The summed E-state index contributed by atoms with van der Waals surface area (Å²) in [5, 5.41) is 6.22. The second-order valence-electron chi connectivity index (χ2n) is 5.39. The zero-order chi connectivity index (χ0) is 14.8. The Balaban J connectivity index is 2.23. The molecular weight excluding hydrogens is 254 g/mol. The lowest BCUT2D eigenvalue weighted by molar-refractivity contribution is -0.121. The number of aromatic nitrogens is 1. The second kappa shape index (κ2) is 9.55. The van der Waals surface area contributed by atoms with Crippen molar-refractivity contribution in [2.75, 3.05) is 26.8 Å². The molecule has 1 amide bonds. The molecule has 0 fully saturated rings. The summed E-state index contributed by atoms with van der Waals surface area (Å²) in [5.74, 6) is 0.687. The van der Waals surface area contributed by atoms with Gasteiger partial charge in [-0.25, -0.2) is 0 Å². The second-order valence-corrected chi connectivity index (χ2v) is 5.39. The fourth-order valence-electron chi connectivity index (χ4n) is 1.82. The van der Waals surface area contributed by atoms with Crippen molar-refractivity contribution in [2.45, 2.75) is 33.4 Å². The summed E-state index contributed by atoms with van der Waals surface area (Å²) in [4.78, 5) is 11.7. The number of nitrogens with one attached hydrogen (secondary N) is 2. The van der Waals surface area contributed by atoms with Gasteiger partial charge in [0.05, 0.1) is 6.61 Å². The first-order chi connectivity index (χ1) is 9.61. The van der Waals surface area contributed by atoms with E-state index in [2.05, 4.69) is 24.5 Å². The van der Waals surface area contributed by atoms with Crippen molar-refractivity contribution < 1.29 is 9.53 Å². The van der Waals surface area contributed by atoms with Gasteiger partial charge in [-0.1, -0.05) is 13.8 Å². The van der Waals surface area contributed by atoms with E-state index in [1.165, 1.54) is 5.56 Å². The Kier molecular flexibility index (Phi) is 7.99. The summed E-state index contributed by atoms with van der Waals surface area (Å²) >= 11 is 0. The van der Waals surface area contributed by atoms with Gasteiger partial charge in [-0.05, 0) is 24.0 Å².